The third-order valence-electron chi connectivity index (χ3n) is 2.46. The summed E-state index contributed by atoms with van der Waals surface area (Å²) in [5.41, 5.74) is 0.822. The average Bonchev–Trinajstić information content (AvgIpc) is 2.34. The largest absolute Gasteiger partial charge is 0.456 e. The summed E-state index contributed by atoms with van der Waals surface area (Å²) in [4.78, 5) is 0. The normalized spacial score (nSPS) is 9.89. The smallest absolute Gasteiger partial charge is 0.148 e. The number of aryl methyl sites for hydroxylation is 1. The molecule has 0 heterocycles. The van der Waals surface area contributed by atoms with Gasteiger partial charge in [0.05, 0.1) is 0 Å². The molecule has 0 atom stereocenters. The van der Waals surface area contributed by atoms with Crippen molar-refractivity contribution in [2.45, 2.75) is 6.92 Å². The Labute approximate surface area is 113 Å². The molecule has 0 spiro atoms. The van der Waals surface area contributed by atoms with Crippen molar-refractivity contribution in [2.75, 3.05) is 0 Å². The fourth-order valence-corrected chi connectivity index (χ4v) is 1.84. The van der Waals surface area contributed by atoms with Crippen LogP contribution in [0.15, 0.2) is 40.9 Å². The van der Waals surface area contributed by atoms with E-state index < -0.39 is 5.82 Å². The Morgan fingerprint density at radius 1 is 1.22 bits per heavy atom. The minimum Gasteiger partial charge on any atom is -0.456 e. The van der Waals surface area contributed by atoms with Crippen molar-refractivity contribution in [3.8, 4) is 17.6 Å². The molecule has 0 aliphatic rings. The van der Waals surface area contributed by atoms with Crippen LogP contribution < -0.4 is 4.74 Å². The van der Waals surface area contributed by atoms with Crippen LogP contribution in [0.5, 0.6) is 11.5 Å². The zero-order chi connectivity index (χ0) is 13.1. The van der Waals surface area contributed by atoms with Crippen molar-refractivity contribution < 1.29 is 9.13 Å². The van der Waals surface area contributed by atoms with Crippen LogP contribution in [0.2, 0.25) is 0 Å². The first-order valence-electron chi connectivity index (χ1n) is 5.24. The molecule has 0 aliphatic carbocycles. The maximum atomic E-state index is 13.4. The van der Waals surface area contributed by atoms with E-state index >= 15 is 0 Å². The van der Waals surface area contributed by atoms with Gasteiger partial charge in [0, 0.05) is 4.47 Å². The number of ether oxygens (including phenoxy) is 1. The van der Waals surface area contributed by atoms with Crippen molar-refractivity contribution in [1.82, 2.24) is 0 Å². The van der Waals surface area contributed by atoms with E-state index in [1.807, 2.05) is 19.1 Å². The second-order valence-corrected chi connectivity index (χ2v) is 4.65. The van der Waals surface area contributed by atoms with Crippen LogP contribution in [0.1, 0.15) is 11.1 Å². The molecule has 2 aromatic carbocycles. The third kappa shape index (κ3) is 2.52. The molecule has 0 bridgehead atoms. The molecule has 0 aromatic heterocycles. The Morgan fingerprint density at radius 2 is 2.00 bits per heavy atom. The molecular formula is C14H9BrFNO. The second-order valence-electron chi connectivity index (χ2n) is 3.74. The van der Waals surface area contributed by atoms with Gasteiger partial charge < -0.3 is 4.74 Å². The number of halogens is 2. The second kappa shape index (κ2) is 5.19. The summed E-state index contributed by atoms with van der Waals surface area (Å²) in [5, 5.41) is 8.92. The number of benzene rings is 2. The van der Waals surface area contributed by atoms with Gasteiger partial charge >= 0.3 is 0 Å². The minimum atomic E-state index is -0.581. The van der Waals surface area contributed by atoms with Crippen LogP contribution in [-0.4, -0.2) is 0 Å². The Bertz CT molecular complexity index is 634. The van der Waals surface area contributed by atoms with Gasteiger partial charge in [0.1, 0.15) is 28.9 Å². The predicted molar refractivity (Wildman–Crippen MR) is 70.1 cm³/mol. The molecule has 90 valence electrons. The van der Waals surface area contributed by atoms with Crippen molar-refractivity contribution >= 4 is 15.9 Å². The number of nitrogens with zero attached hydrogens (tertiary/aromatic N) is 1. The van der Waals surface area contributed by atoms with Gasteiger partial charge in [-0.2, -0.15) is 5.26 Å². The number of rotatable bonds is 2. The molecule has 0 radical (unpaired) electrons. The van der Waals surface area contributed by atoms with Crippen LogP contribution in [0.25, 0.3) is 0 Å². The molecule has 0 aliphatic heterocycles. The number of hydrogen-bond acceptors (Lipinski definition) is 2. The molecule has 0 unspecified atom stereocenters. The lowest BCUT2D eigenvalue weighted by Crippen LogP contribution is -1.93. The Kier molecular flexibility index (Phi) is 3.63. The average molecular weight is 306 g/mol. The van der Waals surface area contributed by atoms with E-state index in [4.69, 9.17) is 10.00 Å². The van der Waals surface area contributed by atoms with Crippen LogP contribution in [0.4, 0.5) is 4.39 Å². The number of hydrogen-bond donors (Lipinski definition) is 0. The molecule has 2 aromatic rings. The summed E-state index contributed by atoms with van der Waals surface area (Å²) in [6.07, 6.45) is 0. The van der Waals surface area contributed by atoms with E-state index in [9.17, 15) is 4.39 Å². The highest BCUT2D eigenvalue weighted by atomic mass is 79.9. The SMILES string of the molecule is Cc1ccc(Br)cc1Oc1cccc(F)c1C#N. The lowest BCUT2D eigenvalue weighted by atomic mass is 10.2. The fourth-order valence-electron chi connectivity index (χ4n) is 1.50. The molecule has 0 N–H and O–H groups in total. The molecule has 4 heteroatoms. The minimum absolute atomic E-state index is 0.0862. The van der Waals surface area contributed by atoms with Crippen molar-refractivity contribution in [3.05, 3.63) is 57.8 Å². The number of nitriles is 1. The summed E-state index contributed by atoms with van der Waals surface area (Å²) in [6.45, 7) is 1.88. The van der Waals surface area contributed by atoms with E-state index in [2.05, 4.69) is 15.9 Å². The molecule has 0 saturated heterocycles. The molecule has 18 heavy (non-hydrogen) atoms. The zero-order valence-corrected chi connectivity index (χ0v) is 11.2. The summed E-state index contributed by atoms with van der Waals surface area (Å²) in [5.74, 6) is 0.229. The summed E-state index contributed by atoms with van der Waals surface area (Å²) in [6, 6.07) is 11.7. The first-order valence-corrected chi connectivity index (χ1v) is 6.03. The van der Waals surface area contributed by atoms with Crippen LogP contribution in [0.3, 0.4) is 0 Å². The lowest BCUT2D eigenvalue weighted by Gasteiger charge is -2.10. The van der Waals surface area contributed by atoms with Crippen molar-refractivity contribution in [3.63, 3.8) is 0 Å². The van der Waals surface area contributed by atoms with Gasteiger partial charge in [-0.3, -0.25) is 0 Å². The summed E-state index contributed by atoms with van der Waals surface area (Å²) in [7, 11) is 0. The van der Waals surface area contributed by atoms with Gasteiger partial charge in [-0.1, -0.05) is 28.1 Å². The third-order valence-corrected chi connectivity index (χ3v) is 2.95. The quantitative estimate of drug-likeness (QED) is 0.815. The summed E-state index contributed by atoms with van der Waals surface area (Å²) < 4.78 is 19.9. The maximum Gasteiger partial charge on any atom is 0.148 e. The van der Waals surface area contributed by atoms with Crippen LogP contribution in [-0.2, 0) is 0 Å². The van der Waals surface area contributed by atoms with Gasteiger partial charge in [0.15, 0.2) is 0 Å². The molecular weight excluding hydrogens is 297 g/mol. The van der Waals surface area contributed by atoms with Crippen molar-refractivity contribution in [2.24, 2.45) is 0 Å². The molecule has 0 fully saturated rings. The fraction of sp³-hybridized carbons (Fsp3) is 0.0714. The lowest BCUT2D eigenvalue weighted by molar-refractivity contribution is 0.470. The Balaban J connectivity index is 2.44. The van der Waals surface area contributed by atoms with E-state index in [0.29, 0.717) is 5.75 Å². The van der Waals surface area contributed by atoms with E-state index in [-0.39, 0.29) is 11.3 Å². The van der Waals surface area contributed by atoms with Gasteiger partial charge in [-0.05, 0) is 36.8 Å². The standard InChI is InChI=1S/C14H9BrFNO/c1-9-5-6-10(15)7-14(9)18-13-4-2-3-12(16)11(13)8-17/h2-7H,1H3. The Morgan fingerprint density at radius 3 is 2.72 bits per heavy atom. The summed E-state index contributed by atoms with van der Waals surface area (Å²) >= 11 is 3.34. The highest BCUT2D eigenvalue weighted by Crippen LogP contribution is 2.30. The topological polar surface area (TPSA) is 33.0 Å². The van der Waals surface area contributed by atoms with Crippen LogP contribution >= 0.6 is 15.9 Å². The predicted octanol–water partition coefficient (Wildman–Crippen LogP) is 4.56. The van der Waals surface area contributed by atoms with Crippen LogP contribution in [0, 0.1) is 24.1 Å². The molecule has 0 saturated carbocycles. The monoisotopic (exact) mass is 305 g/mol. The van der Waals surface area contributed by atoms with E-state index in [0.717, 1.165) is 10.0 Å². The molecule has 0 amide bonds. The molecule has 2 nitrogen and oxygen atoms in total. The van der Waals surface area contributed by atoms with E-state index in [1.54, 1.807) is 18.2 Å². The van der Waals surface area contributed by atoms with Gasteiger partial charge in [-0.25, -0.2) is 4.39 Å². The first-order chi connectivity index (χ1) is 8.61. The highest BCUT2D eigenvalue weighted by molar-refractivity contribution is 9.10. The first kappa shape index (κ1) is 12.6. The maximum absolute atomic E-state index is 13.4. The zero-order valence-electron chi connectivity index (χ0n) is 9.58. The van der Waals surface area contributed by atoms with Gasteiger partial charge in [0.25, 0.3) is 0 Å². The van der Waals surface area contributed by atoms with Gasteiger partial charge in [0.2, 0.25) is 0 Å². The molecule has 2 rings (SSSR count). The highest BCUT2D eigenvalue weighted by Gasteiger charge is 2.11. The Hall–Kier alpha value is -1.86. The van der Waals surface area contributed by atoms with Gasteiger partial charge in [-0.15, -0.1) is 0 Å². The van der Waals surface area contributed by atoms with Crippen molar-refractivity contribution in [1.29, 1.82) is 5.26 Å². The van der Waals surface area contributed by atoms with E-state index in [1.165, 1.54) is 12.1 Å².